The number of rotatable bonds is 8. The lowest BCUT2D eigenvalue weighted by molar-refractivity contribution is 0.101. The molecule has 0 saturated heterocycles. The van der Waals surface area contributed by atoms with Crippen LogP contribution in [0, 0.1) is 0 Å². The van der Waals surface area contributed by atoms with Crippen LogP contribution in [0.5, 0.6) is 0 Å². The molecule has 6 nitrogen and oxygen atoms in total. The average molecular weight is 382 g/mol. The Bertz CT molecular complexity index is 914. The summed E-state index contributed by atoms with van der Waals surface area (Å²) in [7, 11) is 0. The highest BCUT2D eigenvalue weighted by atomic mass is 32.1. The van der Waals surface area contributed by atoms with Crippen molar-refractivity contribution in [3.63, 3.8) is 0 Å². The minimum Gasteiger partial charge on any atom is -0.295 e. The smallest absolute Gasteiger partial charge is 0.276 e. The van der Waals surface area contributed by atoms with E-state index in [1.165, 1.54) is 24.2 Å². The van der Waals surface area contributed by atoms with Gasteiger partial charge in [-0.15, -0.1) is 10.2 Å². The number of amides is 1. The number of nitrogens with zero attached hydrogens (tertiary/aromatic N) is 4. The lowest BCUT2D eigenvalue weighted by Crippen LogP contribution is -2.16. The number of hydrogen-bond acceptors (Lipinski definition) is 5. The molecule has 3 aromatic rings. The van der Waals surface area contributed by atoms with Crippen LogP contribution in [0.1, 0.15) is 66.1 Å². The van der Waals surface area contributed by atoms with Crippen molar-refractivity contribution in [2.45, 2.75) is 51.4 Å². The molecule has 0 bridgehead atoms. The van der Waals surface area contributed by atoms with Crippen LogP contribution < -0.4 is 5.32 Å². The Morgan fingerprint density at radius 3 is 2.78 bits per heavy atom. The van der Waals surface area contributed by atoms with Gasteiger partial charge in [-0.05, 0) is 37.5 Å². The van der Waals surface area contributed by atoms with Crippen molar-refractivity contribution >= 4 is 22.4 Å². The zero-order chi connectivity index (χ0) is 18.6. The number of nitrogens with one attached hydrogen (secondary N) is 1. The van der Waals surface area contributed by atoms with Gasteiger partial charge in [-0.3, -0.25) is 10.1 Å². The van der Waals surface area contributed by atoms with Gasteiger partial charge in [0.05, 0.1) is 11.4 Å². The topological polar surface area (TPSA) is 72.7 Å². The van der Waals surface area contributed by atoms with Gasteiger partial charge >= 0.3 is 0 Å². The van der Waals surface area contributed by atoms with Crippen LogP contribution in [0.3, 0.4) is 0 Å². The molecular weight excluding hydrogens is 358 g/mol. The van der Waals surface area contributed by atoms with Crippen LogP contribution in [-0.2, 0) is 6.42 Å². The van der Waals surface area contributed by atoms with Gasteiger partial charge in [-0.1, -0.05) is 49.3 Å². The van der Waals surface area contributed by atoms with Gasteiger partial charge in [-0.25, -0.2) is 4.68 Å². The van der Waals surface area contributed by atoms with E-state index < -0.39 is 0 Å². The van der Waals surface area contributed by atoms with Crippen LogP contribution in [0.4, 0.5) is 5.13 Å². The highest BCUT2D eigenvalue weighted by Crippen LogP contribution is 2.39. The lowest BCUT2D eigenvalue weighted by Gasteiger charge is -2.06. The number of benzene rings is 1. The van der Waals surface area contributed by atoms with Crippen molar-refractivity contribution < 1.29 is 4.79 Å². The van der Waals surface area contributed by atoms with Crippen LogP contribution in [-0.4, -0.2) is 25.9 Å². The Morgan fingerprint density at radius 2 is 2.04 bits per heavy atom. The maximum atomic E-state index is 12.9. The van der Waals surface area contributed by atoms with Gasteiger partial charge < -0.3 is 0 Å². The molecule has 4 rings (SSSR count). The maximum Gasteiger partial charge on any atom is 0.276 e. The SMILES string of the molecule is CCCCCc1nnc(NC(=O)c2cc(C3CC3)nn2-c2ccccc2)s1. The van der Waals surface area contributed by atoms with E-state index in [9.17, 15) is 4.79 Å². The third kappa shape index (κ3) is 4.24. The van der Waals surface area contributed by atoms with Gasteiger partial charge in [0, 0.05) is 12.3 Å². The quantitative estimate of drug-likeness (QED) is 0.579. The standard InChI is InChI=1S/C20H23N5OS/c1-2-3-5-10-18-22-23-20(27-18)21-19(26)17-13-16(14-11-12-14)24-25(17)15-8-6-4-7-9-15/h4,6-9,13-14H,2-3,5,10-12H2,1H3,(H,21,23,26). The second kappa shape index (κ2) is 8.00. The Hall–Kier alpha value is -2.54. The molecule has 7 heteroatoms. The number of aryl methyl sites for hydroxylation is 1. The molecule has 2 heterocycles. The van der Waals surface area contributed by atoms with E-state index in [0.717, 1.165) is 42.1 Å². The molecule has 1 saturated carbocycles. The molecule has 0 radical (unpaired) electrons. The van der Waals surface area contributed by atoms with E-state index in [1.54, 1.807) is 4.68 Å². The molecule has 0 spiro atoms. The van der Waals surface area contributed by atoms with Gasteiger partial charge in [0.1, 0.15) is 10.7 Å². The highest BCUT2D eigenvalue weighted by Gasteiger charge is 2.29. The highest BCUT2D eigenvalue weighted by molar-refractivity contribution is 7.15. The summed E-state index contributed by atoms with van der Waals surface area (Å²) in [6.45, 7) is 2.18. The first kappa shape index (κ1) is 17.9. The van der Waals surface area contributed by atoms with Crippen molar-refractivity contribution in [3.05, 3.63) is 52.8 Å². The zero-order valence-corrected chi connectivity index (χ0v) is 16.2. The fourth-order valence-electron chi connectivity index (χ4n) is 3.00. The van der Waals surface area contributed by atoms with Gasteiger partial charge in [-0.2, -0.15) is 5.10 Å². The molecule has 1 aliphatic rings. The van der Waals surface area contributed by atoms with Gasteiger partial charge in [0.2, 0.25) is 5.13 Å². The molecule has 0 aliphatic heterocycles. The number of hydrogen-bond donors (Lipinski definition) is 1. The molecule has 1 aliphatic carbocycles. The summed E-state index contributed by atoms with van der Waals surface area (Å²) >= 11 is 1.45. The van der Waals surface area contributed by atoms with Gasteiger partial charge in [0.25, 0.3) is 5.91 Å². The number of anilines is 1. The van der Waals surface area contributed by atoms with Crippen molar-refractivity contribution in [1.82, 2.24) is 20.0 Å². The summed E-state index contributed by atoms with van der Waals surface area (Å²) in [5.41, 5.74) is 2.40. The minimum atomic E-state index is -0.200. The zero-order valence-electron chi connectivity index (χ0n) is 15.4. The number of unbranched alkanes of at least 4 members (excludes halogenated alkanes) is 2. The van der Waals surface area contributed by atoms with Crippen LogP contribution in [0.25, 0.3) is 5.69 Å². The first-order valence-corrected chi connectivity index (χ1v) is 10.4. The van der Waals surface area contributed by atoms with Crippen LogP contribution in [0.2, 0.25) is 0 Å². The van der Waals surface area contributed by atoms with Crippen molar-refractivity contribution in [2.24, 2.45) is 0 Å². The van der Waals surface area contributed by atoms with Crippen LogP contribution >= 0.6 is 11.3 Å². The Morgan fingerprint density at radius 1 is 1.22 bits per heavy atom. The summed E-state index contributed by atoms with van der Waals surface area (Å²) in [4.78, 5) is 12.9. The fraction of sp³-hybridized carbons (Fsp3) is 0.400. The third-order valence-corrected chi connectivity index (χ3v) is 5.54. The van der Waals surface area contributed by atoms with E-state index >= 15 is 0 Å². The second-order valence-corrected chi connectivity index (χ2v) is 7.95. The molecular formula is C20H23N5OS. The summed E-state index contributed by atoms with van der Waals surface area (Å²) in [5.74, 6) is 0.280. The molecule has 0 atom stereocenters. The molecule has 2 aromatic heterocycles. The summed E-state index contributed by atoms with van der Waals surface area (Å²) in [6.07, 6.45) is 6.66. The second-order valence-electron chi connectivity index (χ2n) is 6.89. The molecule has 1 aromatic carbocycles. The largest absolute Gasteiger partial charge is 0.295 e. The van der Waals surface area contributed by atoms with Crippen molar-refractivity contribution in [2.75, 3.05) is 5.32 Å². The third-order valence-electron chi connectivity index (χ3n) is 4.64. The number of para-hydroxylation sites is 1. The number of carbonyl (C=O) groups is 1. The van der Waals surface area contributed by atoms with E-state index in [2.05, 4.69) is 27.5 Å². The monoisotopic (exact) mass is 381 g/mol. The van der Waals surface area contributed by atoms with Crippen molar-refractivity contribution in [3.8, 4) is 5.69 Å². The number of aromatic nitrogens is 4. The van der Waals surface area contributed by atoms with E-state index in [4.69, 9.17) is 0 Å². The maximum absolute atomic E-state index is 12.9. The van der Waals surface area contributed by atoms with Crippen molar-refractivity contribution in [1.29, 1.82) is 0 Å². The summed E-state index contributed by atoms with van der Waals surface area (Å²) in [6, 6.07) is 11.7. The fourth-order valence-corrected chi connectivity index (χ4v) is 3.77. The van der Waals surface area contributed by atoms with Gasteiger partial charge in [0.15, 0.2) is 0 Å². The summed E-state index contributed by atoms with van der Waals surface area (Å²) < 4.78 is 1.73. The first-order chi connectivity index (χ1) is 13.2. The van der Waals surface area contributed by atoms with Crippen LogP contribution in [0.15, 0.2) is 36.4 Å². The molecule has 0 unspecified atom stereocenters. The molecule has 1 N–H and O–H groups in total. The summed E-state index contributed by atoms with van der Waals surface area (Å²) in [5, 5.41) is 17.4. The molecule has 140 valence electrons. The Labute approximate surface area is 162 Å². The normalized spacial score (nSPS) is 13.7. The number of carbonyl (C=O) groups excluding carboxylic acids is 1. The van der Waals surface area contributed by atoms with E-state index in [1.807, 2.05) is 36.4 Å². The molecule has 1 fully saturated rings. The van der Waals surface area contributed by atoms with E-state index in [-0.39, 0.29) is 5.91 Å². The molecule has 1 amide bonds. The first-order valence-electron chi connectivity index (χ1n) is 9.53. The predicted octanol–water partition coefficient (Wildman–Crippen LogP) is 4.59. The lowest BCUT2D eigenvalue weighted by atomic mass is 10.2. The minimum absolute atomic E-state index is 0.200. The average Bonchev–Trinajstić information content (AvgIpc) is 3.28. The predicted molar refractivity (Wildman–Crippen MR) is 107 cm³/mol. The molecule has 27 heavy (non-hydrogen) atoms. The van der Waals surface area contributed by atoms with E-state index in [0.29, 0.717) is 16.7 Å². The Balaban J connectivity index is 1.53. The Kier molecular flexibility index (Phi) is 5.29.